The van der Waals surface area contributed by atoms with E-state index in [2.05, 4.69) is 11.6 Å². The molecule has 0 aliphatic carbocycles. The van der Waals surface area contributed by atoms with Crippen molar-refractivity contribution in [2.75, 3.05) is 6.26 Å². The second-order valence-corrected chi connectivity index (χ2v) is 4.71. The Hall–Kier alpha value is -1.22. The minimum atomic E-state index is -0.924. The minimum absolute atomic E-state index is 0.850. The Kier molecular flexibility index (Phi) is 7.39. The Morgan fingerprint density at radius 1 is 1.41 bits per heavy atom. The van der Waals surface area contributed by atoms with Gasteiger partial charge in [-0.2, -0.15) is 0 Å². The highest BCUT2D eigenvalue weighted by Gasteiger charge is 2.04. The van der Waals surface area contributed by atoms with Crippen molar-refractivity contribution >= 4 is 16.5 Å². The van der Waals surface area contributed by atoms with Gasteiger partial charge in [-0.15, -0.1) is 0 Å². The van der Waals surface area contributed by atoms with Crippen molar-refractivity contribution in [3.8, 4) is 0 Å². The Morgan fingerprint density at radius 3 is 2.41 bits per heavy atom. The standard InChI is InChI=1S/C12H15NOS.C2H6/c1-5-13-10(3)12-7-6-11(15(4)14)8-9(12)2;1-2/h5-8H,1H2,2-4H3;1-2H3. The fourth-order valence-electron chi connectivity index (χ4n) is 1.43. The maximum atomic E-state index is 11.3. The smallest absolute Gasteiger partial charge is 0.0498 e. The SMILES string of the molecule is C=CN=C(C)c1ccc(S(C)=O)cc1C.CC. The summed E-state index contributed by atoms with van der Waals surface area (Å²) in [6.07, 6.45) is 3.21. The normalized spacial score (nSPS) is 12.4. The molecule has 0 N–H and O–H groups in total. The van der Waals surface area contributed by atoms with E-state index in [1.807, 2.05) is 45.9 Å². The molecule has 17 heavy (non-hydrogen) atoms. The summed E-state index contributed by atoms with van der Waals surface area (Å²) in [6.45, 7) is 11.5. The highest BCUT2D eigenvalue weighted by atomic mass is 32.2. The second-order valence-electron chi connectivity index (χ2n) is 3.33. The summed E-state index contributed by atoms with van der Waals surface area (Å²) in [5.74, 6) is 0. The zero-order chi connectivity index (χ0) is 13.4. The third kappa shape index (κ3) is 4.65. The Bertz CT molecular complexity index is 436. The molecule has 0 saturated heterocycles. The average molecular weight is 251 g/mol. The number of benzene rings is 1. The summed E-state index contributed by atoms with van der Waals surface area (Å²) in [4.78, 5) is 4.98. The molecule has 1 aromatic carbocycles. The van der Waals surface area contributed by atoms with E-state index < -0.39 is 10.8 Å². The third-order valence-electron chi connectivity index (χ3n) is 2.20. The molecule has 3 heteroatoms. The summed E-state index contributed by atoms with van der Waals surface area (Å²) in [5.41, 5.74) is 3.09. The zero-order valence-corrected chi connectivity index (χ0v) is 12.1. The lowest BCUT2D eigenvalue weighted by Gasteiger charge is -2.06. The Balaban J connectivity index is 0.00000121. The molecule has 0 spiro atoms. The van der Waals surface area contributed by atoms with Crippen molar-refractivity contribution in [2.24, 2.45) is 4.99 Å². The number of aliphatic imine (C=N–C) groups is 1. The molecule has 1 unspecified atom stereocenters. The van der Waals surface area contributed by atoms with E-state index in [1.54, 1.807) is 6.26 Å². The van der Waals surface area contributed by atoms with Crippen LogP contribution in [0.2, 0.25) is 0 Å². The van der Waals surface area contributed by atoms with Crippen molar-refractivity contribution in [1.82, 2.24) is 0 Å². The molecule has 0 amide bonds. The summed E-state index contributed by atoms with van der Waals surface area (Å²) in [6, 6.07) is 5.77. The van der Waals surface area contributed by atoms with Crippen LogP contribution in [0, 0.1) is 6.92 Å². The monoisotopic (exact) mass is 251 g/mol. The highest BCUT2D eigenvalue weighted by molar-refractivity contribution is 7.84. The third-order valence-corrected chi connectivity index (χ3v) is 3.12. The van der Waals surface area contributed by atoms with Crippen molar-refractivity contribution in [3.05, 3.63) is 42.1 Å². The molecule has 0 bridgehead atoms. The van der Waals surface area contributed by atoms with Crippen molar-refractivity contribution in [3.63, 3.8) is 0 Å². The number of hydrogen-bond donors (Lipinski definition) is 0. The molecule has 1 rings (SSSR count). The van der Waals surface area contributed by atoms with Gasteiger partial charge in [0.25, 0.3) is 0 Å². The van der Waals surface area contributed by atoms with Gasteiger partial charge >= 0.3 is 0 Å². The van der Waals surface area contributed by atoms with Crippen LogP contribution in [-0.2, 0) is 10.8 Å². The van der Waals surface area contributed by atoms with Crippen LogP contribution in [-0.4, -0.2) is 16.2 Å². The number of hydrogen-bond acceptors (Lipinski definition) is 2. The molecule has 2 nitrogen and oxygen atoms in total. The van der Waals surface area contributed by atoms with Gasteiger partial charge in [0.05, 0.1) is 0 Å². The molecule has 0 fully saturated rings. The predicted molar refractivity (Wildman–Crippen MR) is 77.3 cm³/mol. The Labute approximate surface area is 107 Å². The predicted octanol–water partition coefficient (Wildman–Crippen LogP) is 3.71. The molecule has 0 radical (unpaired) electrons. The first kappa shape index (κ1) is 15.8. The van der Waals surface area contributed by atoms with Gasteiger partial charge in [-0.25, -0.2) is 0 Å². The van der Waals surface area contributed by atoms with Crippen LogP contribution in [0.25, 0.3) is 0 Å². The molecule has 1 atom stereocenters. The van der Waals surface area contributed by atoms with Crippen LogP contribution in [0.15, 0.2) is 40.9 Å². The molecular weight excluding hydrogens is 230 g/mol. The summed E-state index contributed by atoms with van der Waals surface area (Å²) in [7, 11) is -0.924. The molecule has 0 aliphatic heterocycles. The molecule has 0 saturated carbocycles. The fourth-order valence-corrected chi connectivity index (χ4v) is 2.03. The maximum absolute atomic E-state index is 11.3. The van der Waals surface area contributed by atoms with Gasteiger partial charge in [0, 0.05) is 33.9 Å². The molecule has 0 aliphatic rings. The number of nitrogens with zero attached hydrogens (tertiary/aromatic N) is 1. The summed E-state index contributed by atoms with van der Waals surface area (Å²) < 4.78 is 11.3. The van der Waals surface area contributed by atoms with E-state index in [-0.39, 0.29) is 0 Å². The molecule has 1 aromatic rings. The summed E-state index contributed by atoms with van der Waals surface area (Å²) >= 11 is 0. The number of aryl methyl sites for hydroxylation is 1. The van der Waals surface area contributed by atoms with Gasteiger partial charge in [0.15, 0.2) is 0 Å². The van der Waals surface area contributed by atoms with Gasteiger partial charge in [0.1, 0.15) is 0 Å². The lowest BCUT2D eigenvalue weighted by atomic mass is 10.1. The van der Waals surface area contributed by atoms with Crippen LogP contribution >= 0.6 is 0 Å². The van der Waals surface area contributed by atoms with Crippen LogP contribution in [0.4, 0.5) is 0 Å². The highest BCUT2D eigenvalue weighted by Crippen LogP contribution is 2.14. The van der Waals surface area contributed by atoms with Crippen molar-refractivity contribution in [2.45, 2.75) is 32.6 Å². The Morgan fingerprint density at radius 2 is 2.00 bits per heavy atom. The van der Waals surface area contributed by atoms with Gasteiger partial charge < -0.3 is 0 Å². The van der Waals surface area contributed by atoms with Crippen LogP contribution in [0.3, 0.4) is 0 Å². The first-order chi connectivity index (χ1) is 8.06. The zero-order valence-electron chi connectivity index (χ0n) is 11.3. The van der Waals surface area contributed by atoms with Gasteiger partial charge in [-0.05, 0) is 37.1 Å². The minimum Gasteiger partial charge on any atom is -0.262 e. The van der Waals surface area contributed by atoms with Crippen molar-refractivity contribution < 1.29 is 4.21 Å². The van der Waals surface area contributed by atoms with Gasteiger partial charge in [-0.1, -0.05) is 26.5 Å². The quantitative estimate of drug-likeness (QED) is 0.753. The van der Waals surface area contributed by atoms with Crippen LogP contribution in [0.5, 0.6) is 0 Å². The lowest BCUT2D eigenvalue weighted by molar-refractivity contribution is 0.686. The van der Waals surface area contributed by atoms with Crippen LogP contribution in [0.1, 0.15) is 31.9 Å². The first-order valence-electron chi connectivity index (χ1n) is 5.66. The van der Waals surface area contributed by atoms with E-state index >= 15 is 0 Å². The van der Waals surface area contributed by atoms with E-state index in [4.69, 9.17) is 0 Å². The summed E-state index contributed by atoms with van der Waals surface area (Å²) in [5, 5.41) is 0. The second kappa shape index (κ2) is 7.96. The number of rotatable bonds is 3. The van der Waals surface area contributed by atoms with Crippen molar-refractivity contribution in [1.29, 1.82) is 0 Å². The average Bonchev–Trinajstić information content (AvgIpc) is 2.31. The van der Waals surface area contributed by atoms with E-state index in [0.29, 0.717) is 0 Å². The van der Waals surface area contributed by atoms with E-state index in [0.717, 1.165) is 21.7 Å². The molecule has 94 valence electrons. The maximum Gasteiger partial charge on any atom is 0.0498 e. The first-order valence-corrected chi connectivity index (χ1v) is 7.22. The van der Waals surface area contributed by atoms with Gasteiger partial charge in [0.2, 0.25) is 0 Å². The fraction of sp³-hybridized carbons (Fsp3) is 0.357. The lowest BCUT2D eigenvalue weighted by Crippen LogP contribution is -1.99. The van der Waals surface area contributed by atoms with E-state index in [1.165, 1.54) is 6.20 Å². The topological polar surface area (TPSA) is 29.4 Å². The van der Waals surface area contributed by atoms with E-state index in [9.17, 15) is 4.21 Å². The largest absolute Gasteiger partial charge is 0.262 e. The van der Waals surface area contributed by atoms with Gasteiger partial charge in [-0.3, -0.25) is 9.20 Å². The molecule has 0 aromatic heterocycles. The molecular formula is C14H21NOS. The van der Waals surface area contributed by atoms with Crippen LogP contribution < -0.4 is 0 Å². The molecule has 0 heterocycles.